The molecule has 2 heterocycles. The van der Waals surface area contributed by atoms with Crippen LogP contribution in [0.1, 0.15) is 22.6 Å². The molecular formula is C24H21N3O4. The van der Waals surface area contributed by atoms with Gasteiger partial charge in [0.05, 0.1) is 5.69 Å². The Morgan fingerprint density at radius 1 is 1.13 bits per heavy atom. The number of nitrogens with one attached hydrogen (secondary N) is 1. The standard InChI is InChI=1S/C24H21N3O4/c1-16-8-10-19(26-23(28)11-9-18-6-4-3-5-7-18)13-21(16)30-15-20-14-24(29)27-22(25-20)12-17(2)31-27/h3-14H,15H2,1-2H3,(H,26,28)/b11-9+. The lowest BCUT2D eigenvalue weighted by Crippen LogP contribution is -2.14. The maximum absolute atomic E-state index is 12.2. The number of benzene rings is 2. The van der Waals surface area contributed by atoms with Crippen molar-refractivity contribution in [1.29, 1.82) is 0 Å². The fraction of sp³-hybridized carbons (Fsp3) is 0.125. The summed E-state index contributed by atoms with van der Waals surface area (Å²) in [6.45, 7) is 3.77. The number of aryl methyl sites for hydroxylation is 2. The van der Waals surface area contributed by atoms with Crippen molar-refractivity contribution >= 4 is 23.3 Å². The van der Waals surface area contributed by atoms with E-state index in [1.807, 2.05) is 43.3 Å². The molecule has 2 aromatic heterocycles. The van der Waals surface area contributed by atoms with Crippen molar-refractivity contribution in [3.05, 3.63) is 99.7 Å². The Morgan fingerprint density at radius 2 is 1.94 bits per heavy atom. The van der Waals surface area contributed by atoms with E-state index in [0.717, 1.165) is 15.7 Å². The van der Waals surface area contributed by atoms with Gasteiger partial charge in [-0.1, -0.05) is 36.4 Å². The van der Waals surface area contributed by atoms with Crippen LogP contribution >= 0.6 is 0 Å². The van der Waals surface area contributed by atoms with Gasteiger partial charge in [-0.3, -0.25) is 9.59 Å². The Balaban J connectivity index is 1.45. The van der Waals surface area contributed by atoms with Gasteiger partial charge in [0.15, 0.2) is 5.65 Å². The van der Waals surface area contributed by atoms with Crippen LogP contribution in [-0.4, -0.2) is 15.5 Å². The molecule has 7 heteroatoms. The molecule has 0 saturated carbocycles. The largest absolute Gasteiger partial charge is 0.487 e. The number of rotatable bonds is 6. The number of fused-ring (bicyclic) bond motifs is 1. The van der Waals surface area contributed by atoms with Crippen LogP contribution < -0.4 is 15.6 Å². The second kappa shape index (κ2) is 8.71. The highest BCUT2D eigenvalue weighted by molar-refractivity contribution is 6.02. The van der Waals surface area contributed by atoms with E-state index < -0.39 is 0 Å². The first kappa shape index (κ1) is 20.2. The summed E-state index contributed by atoms with van der Waals surface area (Å²) in [6.07, 6.45) is 3.23. The summed E-state index contributed by atoms with van der Waals surface area (Å²) in [6, 6.07) is 18.1. The number of ether oxygens (including phenoxy) is 1. The van der Waals surface area contributed by atoms with Gasteiger partial charge in [0.1, 0.15) is 18.1 Å². The molecule has 0 bridgehead atoms. The summed E-state index contributed by atoms with van der Waals surface area (Å²) < 4.78 is 12.3. The minimum Gasteiger partial charge on any atom is -0.487 e. The van der Waals surface area contributed by atoms with Gasteiger partial charge in [0.2, 0.25) is 5.91 Å². The Hall–Kier alpha value is -4.13. The molecule has 0 unspecified atom stereocenters. The number of aromatic nitrogens is 2. The molecular weight excluding hydrogens is 394 g/mol. The van der Waals surface area contributed by atoms with Crippen LogP contribution in [0.2, 0.25) is 0 Å². The van der Waals surface area contributed by atoms with Crippen LogP contribution in [0.25, 0.3) is 11.7 Å². The molecule has 7 nitrogen and oxygen atoms in total. The molecule has 4 aromatic rings. The van der Waals surface area contributed by atoms with E-state index in [1.54, 1.807) is 31.2 Å². The summed E-state index contributed by atoms with van der Waals surface area (Å²) >= 11 is 0. The highest BCUT2D eigenvalue weighted by Gasteiger charge is 2.09. The second-order valence-corrected chi connectivity index (χ2v) is 7.09. The maximum atomic E-state index is 12.2. The van der Waals surface area contributed by atoms with Gasteiger partial charge < -0.3 is 14.6 Å². The minimum absolute atomic E-state index is 0.113. The molecule has 1 amide bonds. The van der Waals surface area contributed by atoms with E-state index in [-0.39, 0.29) is 18.1 Å². The first-order valence-corrected chi connectivity index (χ1v) is 9.75. The summed E-state index contributed by atoms with van der Waals surface area (Å²) in [4.78, 5) is 28.8. The maximum Gasteiger partial charge on any atom is 0.287 e. The van der Waals surface area contributed by atoms with Crippen molar-refractivity contribution in [3.63, 3.8) is 0 Å². The van der Waals surface area contributed by atoms with E-state index in [9.17, 15) is 9.59 Å². The lowest BCUT2D eigenvalue weighted by Gasteiger charge is -2.11. The van der Waals surface area contributed by atoms with E-state index in [2.05, 4.69) is 10.3 Å². The lowest BCUT2D eigenvalue weighted by atomic mass is 10.2. The Kier molecular flexibility index (Phi) is 5.66. The number of amides is 1. The normalized spacial score (nSPS) is 11.2. The smallest absolute Gasteiger partial charge is 0.287 e. The highest BCUT2D eigenvalue weighted by atomic mass is 16.5. The summed E-state index contributed by atoms with van der Waals surface area (Å²) in [5.74, 6) is 0.951. The number of hydrogen-bond acceptors (Lipinski definition) is 5. The second-order valence-electron chi connectivity index (χ2n) is 7.09. The van der Waals surface area contributed by atoms with E-state index >= 15 is 0 Å². The predicted molar refractivity (Wildman–Crippen MR) is 118 cm³/mol. The van der Waals surface area contributed by atoms with E-state index in [1.165, 1.54) is 12.1 Å². The highest BCUT2D eigenvalue weighted by Crippen LogP contribution is 2.23. The molecule has 0 spiro atoms. The quantitative estimate of drug-likeness (QED) is 0.479. The van der Waals surface area contributed by atoms with Crippen LogP contribution in [0.5, 0.6) is 5.75 Å². The minimum atomic E-state index is -0.306. The third kappa shape index (κ3) is 4.90. The number of anilines is 1. The zero-order valence-electron chi connectivity index (χ0n) is 17.2. The van der Waals surface area contributed by atoms with Gasteiger partial charge >= 0.3 is 0 Å². The van der Waals surface area contributed by atoms with E-state index in [4.69, 9.17) is 9.26 Å². The van der Waals surface area contributed by atoms with Crippen LogP contribution in [0.4, 0.5) is 5.69 Å². The van der Waals surface area contributed by atoms with Crippen LogP contribution in [0.15, 0.2) is 76.1 Å². The van der Waals surface area contributed by atoms with Crippen LogP contribution in [-0.2, 0) is 11.4 Å². The molecule has 0 aliphatic carbocycles. The SMILES string of the molecule is Cc1cc2nc(COc3cc(NC(=O)/C=C/c4ccccc4)ccc3C)cc(=O)n2o1. The van der Waals surface area contributed by atoms with Crippen molar-refractivity contribution < 1.29 is 14.1 Å². The molecule has 0 atom stereocenters. The molecule has 0 radical (unpaired) electrons. The molecule has 2 aromatic carbocycles. The molecule has 1 N–H and O–H groups in total. The van der Waals surface area contributed by atoms with Gasteiger partial charge in [-0.2, -0.15) is 0 Å². The Bertz CT molecular complexity index is 1320. The van der Waals surface area contributed by atoms with Gasteiger partial charge in [-0.25, -0.2) is 4.98 Å². The van der Waals surface area contributed by atoms with Crippen molar-refractivity contribution in [1.82, 2.24) is 9.56 Å². The first-order valence-electron chi connectivity index (χ1n) is 9.75. The fourth-order valence-electron chi connectivity index (χ4n) is 3.05. The Labute approximate surface area is 178 Å². The van der Waals surface area contributed by atoms with Gasteiger partial charge in [0.25, 0.3) is 5.56 Å². The average Bonchev–Trinajstić information content (AvgIpc) is 3.14. The molecule has 0 saturated heterocycles. The van der Waals surface area contributed by atoms with Crippen LogP contribution in [0, 0.1) is 13.8 Å². The van der Waals surface area contributed by atoms with Gasteiger partial charge in [-0.15, -0.1) is 4.57 Å². The molecule has 31 heavy (non-hydrogen) atoms. The molecule has 0 aliphatic rings. The van der Waals surface area contributed by atoms with Crippen LogP contribution in [0.3, 0.4) is 0 Å². The number of hydrogen-bond donors (Lipinski definition) is 1. The monoisotopic (exact) mass is 415 g/mol. The predicted octanol–water partition coefficient (Wildman–Crippen LogP) is 4.14. The molecule has 0 fully saturated rings. The van der Waals surface area contributed by atoms with Crippen molar-refractivity contribution in [2.45, 2.75) is 20.5 Å². The third-order valence-electron chi connectivity index (χ3n) is 4.58. The Morgan fingerprint density at radius 3 is 2.74 bits per heavy atom. The summed E-state index contributed by atoms with van der Waals surface area (Å²) in [5.41, 5.74) is 3.07. The van der Waals surface area contributed by atoms with Crippen molar-refractivity contribution in [2.75, 3.05) is 5.32 Å². The average molecular weight is 415 g/mol. The number of carbonyl (C=O) groups is 1. The first-order chi connectivity index (χ1) is 15.0. The molecule has 4 rings (SSSR count). The third-order valence-corrected chi connectivity index (χ3v) is 4.58. The molecule has 156 valence electrons. The van der Waals surface area contributed by atoms with Crippen molar-refractivity contribution in [3.8, 4) is 5.75 Å². The zero-order chi connectivity index (χ0) is 21.8. The summed E-state index contributed by atoms with van der Waals surface area (Å²) in [5, 5.41) is 2.83. The van der Waals surface area contributed by atoms with E-state index in [0.29, 0.717) is 28.5 Å². The lowest BCUT2D eigenvalue weighted by molar-refractivity contribution is -0.111. The number of nitrogens with zero attached hydrogens (tertiary/aromatic N) is 2. The van der Waals surface area contributed by atoms with Gasteiger partial charge in [0, 0.05) is 30.0 Å². The fourth-order valence-corrected chi connectivity index (χ4v) is 3.05. The summed E-state index contributed by atoms with van der Waals surface area (Å²) in [7, 11) is 0. The van der Waals surface area contributed by atoms with Crippen molar-refractivity contribution in [2.24, 2.45) is 0 Å². The van der Waals surface area contributed by atoms with Gasteiger partial charge in [-0.05, 0) is 37.1 Å². The molecule has 0 aliphatic heterocycles. The zero-order valence-corrected chi connectivity index (χ0v) is 17.2. The number of carbonyl (C=O) groups excluding carboxylic acids is 1. The topological polar surface area (TPSA) is 85.8 Å².